The second-order valence-corrected chi connectivity index (χ2v) is 5.55. The number of ether oxygens (including phenoxy) is 1. The summed E-state index contributed by atoms with van der Waals surface area (Å²) in [6.07, 6.45) is 2.42. The van der Waals surface area contributed by atoms with Crippen molar-refractivity contribution < 1.29 is 9.84 Å². The fourth-order valence-corrected chi connectivity index (χ4v) is 3.10. The van der Waals surface area contributed by atoms with Crippen LogP contribution in [0.2, 0.25) is 0 Å². The minimum absolute atomic E-state index is 0.0672. The molecule has 0 heterocycles. The number of aliphatic hydroxyl groups is 1. The molecule has 0 aliphatic heterocycles. The van der Waals surface area contributed by atoms with E-state index < -0.39 is 0 Å². The first-order valence-corrected chi connectivity index (χ1v) is 7.07. The van der Waals surface area contributed by atoms with E-state index in [-0.39, 0.29) is 12.2 Å². The molecule has 0 bridgehead atoms. The monoisotopic (exact) mass is 306 g/mol. The molecule has 3 heteroatoms. The highest BCUT2D eigenvalue weighted by Crippen LogP contribution is 2.35. The third-order valence-corrected chi connectivity index (χ3v) is 4.34. The van der Waals surface area contributed by atoms with Crippen molar-refractivity contribution in [2.45, 2.75) is 31.5 Å². The Labute approximate surface area is 115 Å². The first-order chi connectivity index (χ1) is 8.75. The first-order valence-electron chi connectivity index (χ1n) is 6.27. The highest BCUT2D eigenvalue weighted by molar-refractivity contribution is 9.10. The zero-order valence-corrected chi connectivity index (χ0v) is 11.6. The molecule has 1 fully saturated rings. The van der Waals surface area contributed by atoms with E-state index in [9.17, 15) is 5.11 Å². The molecule has 3 rings (SSSR count). The van der Waals surface area contributed by atoms with E-state index in [2.05, 4.69) is 34.1 Å². The standard InChI is InChI=1S/C15H15BrO2/c16-15-11-5-2-1-4-10(11)8-9-14(15)18-13-7-3-6-12(13)17/h1-2,4-5,8-9,12-13,17H,3,6-7H2/t12-,13-/m0/s1. The summed E-state index contributed by atoms with van der Waals surface area (Å²) in [4.78, 5) is 0. The number of benzene rings is 2. The molecule has 18 heavy (non-hydrogen) atoms. The maximum atomic E-state index is 9.81. The van der Waals surface area contributed by atoms with Gasteiger partial charge in [-0.05, 0) is 52.0 Å². The van der Waals surface area contributed by atoms with Gasteiger partial charge in [-0.3, -0.25) is 0 Å². The van der Waals surface area contributed by atoms with E-state index >= 15 is 0 Å². The molecule has 1 saturated carbocycles. The molecule has 0 radical (unpaired) electrons. The van der Waals surface area contributed by atoms with Crippen molar-refractivity contribution in [2.24, 2.45) is 0 Å². The van der Waals surface area contributed by atoms with Crippen molar-refractivity contribution in [3.8, 4) is 5.75 Å². The highest BCUT2D eigenvalue weighted by atomic mass is 79.9. The van der Waals surface area contributed by atoms with Crippen LogP contribution >= 0.6 is 15.9 Å². The summed E-state index contributed by atoms with van der Waals surface area (Å²) < 4.78 is 6.90. The van der Waals surface area contributed by atoms with Gasteiger partial charge in [0.05, 0.1) is 10.6 Å². The van der Waals surface area contributed by atoms with E-state index in [1.807, 2.05) is 18.2 Å². The van der Waals surface area contributed by atoms with Gasteiger partial charge in [-0.1, -0.05) is 30.3 Å². The van der Waals surface area contributed by atoms with Crippen LogP contribution in [0.25, 0.3) is 10.8 Å². The lowest BCUT2D eigenvalue weighted by molar-refractivity contribution is 0.0600. The Morgan fingerprint density at radius 2 is 1.94 bits per heavy atom. The molecule has 2 atom stereocenters. The van der Waals surface area contributed by atoms with Crippen LogP contribution in [0.5, 0.6) is 5.75 Å². The zero-order chi connectivity index (χ0) is 12.5. The van der Waals surface area contributed by atoms with Crippen molar-refractivity contribution >= 4 is 26.7 Å². The Bertz CT molecular complexity index is 567. The van der Waals surface area contributed by atoms with Gasteiger partial charge in [-0.2, -0.15) is 0 Å². The van der Waals surface area contributed by atoms with E-state index in [0.717, 1.165) is 34.9 Å². The molecule has 0 spiro atoms. The summed E-state index contributed by atoms with van der Waals surface area (Å²) in [5.74, 6) is 0.819. The van der Waals surface area contributed by atoms with Crippen molar-refractivity contribution in [3.05, 3.63) is 40.9 Å². The Balaban J connectivity index is 1.95. The molecule has 94 valence electrons. The summed E-state index contributed by atoms with van der Waals surface area (Å²) in [7, 11) is 0. The van der Waals surface area contributed by atoms with Crippen LogP contribution in [-0.4, -0.2) is 17.3 Å². The molecule has 2 aromatic carbocycles. The zero-order valence-electron chi connectivity index (χ0n) is 9.97. The van der Waals surface area contributed by atoms with Crippen LogP contribution in [0.4, 0.5) is 0 Å². The molecule has 0 unspecified atom stereocenters. The first kappa shape index (κ1) is 12.0. The molecule has 0 saturated heterocycles. The topological polar surface area (TPSA) is 29.5 Å². The second-order valence-electron chi connectivity index (χ2n) is 4.75. The van der Waals surface area contributed by atoms with Gasteiger partial charge in [0, 0.05) is 0 Å². The molecule has 1 N–H and O–H groups in total. The fraction of sp³-hybridized carbons (Fsp3) is 0.333. The number of hydrogen-bond donors (Lipinski definition) is 1. The maximum Gasteiger partial charge on any atom is 0.134 e. The largest absolute Gasteiger partial charge is 0.487 e. The minimum Gasteiger partial charge on any atom is -0.487 e. The van der Waals surface area contributed by atoms with Gasteiger partial charge in [-0.15, -0.1) is 0 Å². The van der Waals surface area contributed by atoms with E-state index in [0.29, 0.717) is 0 Å². The average molecular weight is 307 g/mol. The van der Waals surface area contributed by atoms with Crippen molar-refractivity contribution in [1.82, 2.24) is 0 Å². The van der Waals surface area contributed by atoms with Crippen LogP contribution in [-0.2, 0) is 0 Å². The molecular weight excluding hydrogens is 292 g/mol. The molecule has 0 amide bonds. The van der Waals surface area contributed by atoms with Crippen molar-refractivity contribution in [1.29, 1.82) is 0 Å². The van der Waals surface area contributed by atoms with Gasteiger partial charge >= 0.3 is 0 Å². The smallest absolute Gasteiger partial charge is 0.134 e. The van der Waals surface area contributed by atoms with E-state index in [4.69, 9.17) is 4.74 Å². The van der Waals surface area contributed by atoms with Gasteiger partial charge in [0.2, 0.25) is 0 Å². The molecule has 2 aromatic rings. The third kappa shape index (κ3) is 2.13. The fourth-order valence-electron chi connectivity index (χ4n) is 2.51. The number of halogens is 1. The average Bonchev–Trinajstić information content (AvgIpc) is 2.79. The van der Waals surface area contributed by atoms with Gasteiger partial charge in [0.25, 0.3) is 0 Å². The Morgan fingerprint density at radius 3 is 2.72 bits per heavy atom. The SMILES string of the molecule is O[C@H]1CCC[C@@H]1Oc1ccc2ccccc2c1Br. The van der Waals surface area contributed by atoms with Gasteiger partial charge in [0.1, 0.15) is 11.9 Å². The highest BCUT2D eigenvalue weighted by Gasteiger charge is 2.27. The summed E-state index contributed by atoms with van der Waals surface area (Å²) in [6, 6.07) is 12.2. The van der Waals surface area contributed by atoms with Crippen molar-refractivity contribution in [3.63, 3.8) is 0 Å². The minimum atomic E-state index is -0.330. The lowest BCUT2D eigenvalue weighted by atomic mass is 10.1. The van der Waals surface area contributed by atoms with Crippen LogP contribution in [0.3, 0.4) is 0 Å². The number of aliphatic hydroxyl groups excluding tert-OH is 1. The molecule has 0 aromatic heterocycles. The Kier molecular flexibility index (Phi) is 3.27. The summed E-state index contributed by atoms with van der Waals surface area (Å²) in [5.41, 5.74) is 0. The third-order valence-electron chi connectivity index (χ3n) is 3.52. The van der Waals surface area contributed by atoms with Gasteiger partial charge in [0.15, 0.2) is 0 Å². The van der Waals surface area contributed by atoms with Crippen LogP contribution in [0.1, 0.15) is 19.3 Å². The Morgan fingerprint density at radius 1 is 1.11 bits per heavy atom. The van der Waals surface area contributed by atoms with E-state index in [1.54, 1.807) is 0 Å². The normalized spacial score (nSPS) is 23.4. The number of hydrogen-bond acceptors (Lipinski definition) is 2. The molecular formula is C15H15BrO2. The second kappa shape index (κ2) is 4.90. The lowest BCUT2D eigenvalue weighted by Crippen LogP contribution is -2.25. The predicted molar refractivity (Wildman–Crippen MR) is 75.9 cm³/mol. The summed E-state index contributed by atoms with van der Waals surface area (Å²) in [5, 5.41) is 12.1. The maximum absolute atomic E-state index is 9.81. The molecule has 2 nitrogen and oxygen atoms in total. The number of rotatable bonds is 2. The molecule has 1 aliphatic rings. The summed E-state index contributed by atoms with van der Waals surface area (Å²) in [6.45, 7) is 0. The quantitative estimate of drug-likeness (QED) is 0.912. The predicted octanol–water partition coefficient (Wildman–Crippen LogP) is 3.89. The van der Waals surface area contributed by atoms with Crippen LogP contribution in [0.15, 0.2) is 40.9 Å². The van der Waals surface area contributed by atoms with Crippen LogP contribution in [0, 0.1) is 0 Å². The van der Waals surface area contributed by atoms with Crippen LogP contribution < -0.4 is 4.74 Å². The van der Waals surface area contributed by atoms with Gasteiger partial charge < -0.3 is 9.84 Å². The lowest BCUT2D eigenvalue weighted by Gasteiger charge is -2.18. The number of fused-ring (bicyclic) bond motifs is 1. The van der Waals surface area contributed by atoms with Crippen molar-refractivity contribution in [2.75, 3.05) is 0 Å². The van der Waals surface area contributed by atoms with E-state index in [1.165, 1.54) is 5.39 Å². The Hall–Kier alpha value is -1.06. The van der Waals surface area contributed by atoms with Gasteiger partial charge in [-0.25, -0.2) is 0 Å². The molecule has 1 aliphatic carbocycles. The summed E-state index contributed by atoms with van der Waals surface area (Å²) >= 11 is 3.60.